The SMILES string of the molecule is C=CCOc1cccc(NC(=O)[C@@H](C)Oc2cc(C)ccc2C)c1. The maximum absolute atomic E-state index is 12.3. The largest absolute Gasteiger partial charge is 0.489 e. The fourth-order valence-corrected chi connectivity index (χ4v) is 2.14. The van der Waals surface area contributed by atoms with E-state index in [0.717, 1.165) is 16.9 Å². The minimum atomic E-state index is -0.608. The van der Waals surface area contributed by atoms with Crippen molar-refractivity contribution in [2.24, 2.45) is 0 Å². The number of rotatable bonds is 7. The van der Waals surface area contributed by atoms with Crippen LogP contribution >= 0.6 is 0 Å². The molecule has 4 nitrogen and oxygen atoms in total. The fourth-order valence-electron chi connectivity index (χ4n) is 2.14. The first-order valence-electron chi connectivity index (χ1n) is 7.88. The lowest BCUT2D eigenvalue weighted by molar-refractivity contribution is -0.122. The third-order valence-electron chi connectivity index (χ3n) is 3.49. The molecule has 0 saturated heterocycles. The van der Waals surface area contributed by atoms with Crippen LogP contribution in [0.5, 0.6) is 11.5 Å². The monoisotopic (exact) mass is 325 g/mol. The molecule has 1 amide bonds. The van der Waals surface area contributed by atoms with Crippen LogP contribution < -0.4 is 14.8 Å². The highest BCUT2D eigenvalue weighted by molar-refractivity contribution is 5.94. The van der Waals surface area contributed by atoms with E-state index in [2.05, 4.69) is 11.9 Å². The van der Waals surface area contributed by atoms with E-state index in [1.54, 1.807) is 19.1 Å². The molecular weight excluding hydrogens is 302 g/mol. The number of nitrogens with one attached hydrogen (secondary N) is 1. The number of anilines is 1. The van der Waals surface area contributed by atoms with E-state index < -0.39 is 6.10 Å². The summed E-state index contributed by atoms with van der Waals surface area (Å²) < 4.78 is 11.3. The summed E-state index contributed by atoms with van der Waals surface area (Å²) in [6, 6.07) is 13.2. The molecule has 2 rings (SSSR count). The third-order valence-corrected chi connectivity index (χ3v) is 3.49. The molecule has 0 unspecified atom stereocenters. The smallest absolute Gasteiger partial charge is 0.265 e. The van der Waals surface area contributed by atoms with Gasteiger partial charge in [0.2, 0.25) is 0 Å². The first-order valence-corrected chi connectivity index (χ1v) is 7.88. The van der Waals surface area contributed by atoms with E-state index >= 15 is 0 Å². The quantitative estimate of drug-likeness (QED) is 0.773. The molecule has 2 aromatic rings. The summed E-state index contributed by atoms with van der Waals surface area (Å²) in [6.45, 7) is 9.71. The lowest BCUT2D eigenvalue weighted by Crippen LogP contribution is -2.30. The van der Waals surface area contributed by atoms with Crippen molar-refractivity contribution >= 4 is 11.6 Å². The topological polar surface area (TPSA) is 47.6 Å². The first-order chi connectivity index (χ1) is 11.5. The number of ether oxygens (including phenoxy) is 2. The summed E-state index contributed by atoms with van der Waals surface area (Å²) in [6.07, 6.45) is 1.06. The van der Waals surface area contributed by atoms with Gasteiger partial charge < -0.3 is 14.8 Å². The number of hydrogen-bond acceptors (Lipinski definition) is 3. The highest BCUT2D eigenvalue weighted by atomic mass is 16.5. The van der Waals surface area contributed by atoms with Gasteiger partial charge in [-0.05, 0) is 50.1 Å². The van der Waals surface area contributed by atoms with Crippen molar-refractivity contribution in [1.82, 2.24) is 0 Å². The lowest BCUT2D eigenvalue weighted by atomic mass is 10.1. The Bertz CT molecular complexity index is 725. The standard InChI is InChI=1S/C20H23NO3/c1-5-11-23-18-8-6-7-17(13-18)21-20(22)16(4)24-19-12-14(2)9-10-15(19)3/h5-10,12-13,16H,1,11H2,2-4H3,(H,21,22)/t16-/m1/s1. The van der Waals surface area contributed by atoms with Crippen LogP contribution in [0, 0.1) is 13.8 Å². The van der Waals surface area contributed by atoms with Crippen LogP contribution in [0.15, 0.2) is 55.1 Å². The van der Waals surface area contributed by atoms with Crippen LogP contribution in [0.3, 0.4) is 0 Å². The average Bonchev–Trinajstić information content (AvgIpc) is 2.56. The zero-order valence-electron chi connectivity index (χ0n) is 14.3. The van der Waals surface area contributed by atoms with E-state index in [1.165, 1.54) is 0 Å². The fraction of sp³-hybridized carbons (Fsp3) is 0.250. The molecule has 0 heterocycles. The molecule has 0 aromatic heterocycles. The zero-order valence-corrected chi connectivity index (χ0v) is 14.3. The molecule has 24 heavy (non-hydrogen) atoms. The number of carbonyl (C=O) groups is 1. The molecule has 2 aromatic carbocycles. The van der Waals surface area contributed by atoms with Crippen molar-refractivity contribution in [3.63, 3.8) is 0 Å². The molecular formula is C20H23NO3. The lowest BCUT2D eigenvalue weighted by Gasteiger charge is -2.17. The van der Waals surface area contributed by atoms with Crippen molar-refractivity contribution in [3.8, 4) is 11.5 Å². The van der Waals surface area contributed by atoms with E-state index in [4.69, 9.17) is 9.47 Å². The Morgan fingerprint density at radius 1 is 1.25 bits per heavy atom. The van der Waals surface area contributed by atoms with Crippen LogP contribution in [0.4, 0.5) is 5.69 Å². The van der Waals surface area contributed by atoms with Gasteiger partial charge >= 0.3 is 0 Å². The molecule has 0 bridgehead atoms. The second-order valence-corrected chi connectivity index (χ2v) is 5.65. The minimum Gasteiger partial charge on any atom is -0.489 e. The Hall–Kier alpha value is -2.75. The van der Waals surface area contributed by atoms with Crippen molar-refractivity contribution in [1.29, 1.82) is 0 Å². The van der Waals surface area contributed by atoms with Crippen molar-refractivity contribution in [3.05, 3.63) is 66.2 Å². The Morgan fingerprint density at radius 3 is 2.79 bits per heavy atom. The molecule has 0 aliphatic rings. The van der Waals surface area contributed by atoms with Crippen LogP contribution in [-0.2, 0) is 4.79 Å². The van der Waals surface area contributed by atoms with E-state index in [-0.39, 0.29) is 5.91 Å². The molecule has 1 N–H and O–H groups in total. The van der Waals surface area contributed by atoms with Crippen molar-refractivity contribution < 1.29 is 14.3 Å². The van der Waals surface area contributed by atoms with Crippen LogP contribution in [-0.4, -0.2) is 18.6 Å². The third kappa shape index (κ3) is 4.88. The van der Waals surface area contributed by atoms with Crippen LogP contribution in [0.25, 0.3) is 0 Å². The molecule has 4 heteroatoms. The van der Waals surface area contributed by atoms with Gasteiger partial charge in [0.1, 0.15) is 18.1 Å². The summed E-state index contributed by atoms with van der Waals surface area (Å²) in [5, 5.41) is 2.84. The number of aryl methyl sites for hydroxylation is 2. The Balaban J connectivity index is 2.01. The van der Waals surface area contributed by atoms with Gasteiger partial charge in [-0.15, -0.1) is 0 Å². The van der Waals surface area contributed by atoms with Gasteiger partial charge in [0.25, 0.3) is 5.91 Å². The number of amides is 1. The highest BCUT2D eigenvalue weighted by Gasteiger charge is 2.16. The molecule has 126 valence electrons. The van der Waals surface area contributed by atoms with Crippen molar-refractivity contribution in [2.45, 2.75) is 26.9 Å². The maximum atomic E-state index is 12.3. The molecule has 1 atom stereocenters. The first kappa shape index (κ1) is 17.6. The summed E-state index contributed by atoms with van der Waals surface area (Å²) >= 11 is 0. The average molecular weight is 325 g/mol. The van der Waals surface area contributed by atoms with Crippen LogP contribution in [0.2, 0.25) is 0 Å². The van der Waals surface area contributed by atoms with Crippen molar-refractivity contribution in [2.75, 3.05) is 11.9 Å². The molecule has 0 spiro atoms. The van der Waals surface area contributed by atoms with Gasteiger partial charge in [-0.3, -0.25) is 4.79 Å². The number of hydrogen-bond donors (Lipinski definition) is 1. The predicted octanol–water partition coefficient (Wildman–Crippen LogP) is 4.27. The number of benzene rings is 2. The minimum absolute atomic E-state index is 0.211. The van der Waals surface area contributed by atoms with Gasteiger partial charge in [0, 0.05) is 11.8 Å². The zero-order chi connectivity index (χ0) is 17.5. The second-order valence-electron chi connectivity index (χ2n) is 5.65. The van der Waals surface area contributed by atoms with E-state index in [1.807, 2.05) is 50.2 Å². The summed E-state index contributed by atoms with van der Waals surface area (Å²) in [5.41, 5.74) is 2.76. The van der Waals surface area contributed by atoms with E-state index in [0.29, 0.717) is 18.0 Å². The van der Waals surface area contributed by atoms with E-state index in [9.17, 15) is 4.79 Å². The molecule has 0 radical (unpaired) electrons. The van der Waals surface area contributed by atoms with Gasteiger partial charge in [-0.2, -0.15) is 0 Å². The van der Waals surface area contributed by atoms with Gasteiger partial charge in [0.05, 0.1) is 0 Å². The van der Waals surface area contributed by atoms with Gasteiger partial charge in [0.15, 0.2) is 6.10 Å². The molecule has 0 aliphatic heterocycles. The summed E-state index contributed by atoms with van der Waals surface area (Å²) in [7, 11) is 0. The highest BCUT2D eigenvalue weighted by Crippen LogP contribution is 2.21. The van der Waals surface area contributed by atoms with Gasteiger partial charge in [-0.1, -0.05) is 30.9 Å². The molecule has 0 fully saturated rings. The Labute approximate surface area is 143 Å². The maximum Gasteiger partial charge on any atom is 0.265 e. The second kappa shape index (κ2) is 8.20. The molecule has 0 aliphatic carbocycles. The Kier molecular flexibility index (Phi) is 6.01. The summed E-state index contributed by atoms with van der Waals surface area (Å²) in [5.74, 6) is 1.19. The predicted molar refractivity (Wildman–Crippen MR) is 96.8 cm³/mol. The normalized spacial score (nSPS) is 11.5. The summed E-state index contributed by atoms with van der Waals surface area (Å²) in [4.78, 5) is 12.3. The van der Waals surface area contributed by atoms with Gasteiger partial charge in [-0.25, -0.2) is 0 Å². The van der Waals surface area contributed by atoms with Crippen LogP contribution in [0.1, 0.15) is 18.1 Å². The molecule has 0 saturated carbocycles. The number of carbonyl (C=O) groups excluding carboxylic acids is 1. The Morgan fingerprint density at radius 2 is 2.04 bits per heavy atom.